The predicted octanol–water partition coefficient (Wildman–Crippen LogP) is 5.43. The van der Waals surface area contributed by atoms with Crippen LogP contribution in [0.25, 0.3) is 0 Å². The molecule has 29 heavy (non-hydrogen) atoms. The van der Waals surface area contributed by atoms with E-state index in [9.17, 15) is 14.4 Å². The average molecular weight is 430 g/mol. The number of thiophene rings is 1. The summed E-state index contributed by atoms with van der Waals surface area (Å²) in [5, 5.41) is 15.9. The van der Waals surface area contributed by atoms with Crippen LogP contribution in [0.2, 0.25) is 0 Å². The first-order chi connectivity index (χ1) is 13.8. The Morgan fingerprint density at radius 2 is 2.14 bits per heavy atom. The van der Waals surface area contributed by atoms with Gasteiger partial charge in [0.05, 0.1) is 11.1 Å². The van der Waals surface area contributed by atoms with Crippen LogP contribution in [0, 0.1) is 28.5 Å². The van der Waals surface area contributed by atoms with E-state index in [1.165, 1.54) is 34.4 Å². The lowest BCUT2D eigenvalue weighted by atomic mass is 9.69. The average Bonchev–Trinajstić information content (AvgIpc) is 3.03. The van der Waals surface area contributed by atoms with Crippen LogP contribution >= 0.6 is 23.6 Å². The van der Waals surface area contributed by atoms with Crippen molar-refractivity contribution >= 4 is 39.6 Å². The Hall–Kier alpha value is -2.30. The molecule has 3 rings (SSSR count). The van der Waals surface area contributed by atoms with Crippen molar-refractivity contribution in [2.75, 3.05) is 5.32 Å². The number of nitriles is 1. The molecular weight excluding hydrogens is 405 g/mol. The van der Waals surface area contributed by atoms with E-state index in [2.05, 4.69) is 37.5 Å². The summed E-state index contributed by atoms with van der Waals surface area (Å²) in [6.45, 7) is 6.82. The lowest BCUT2D eigenvalue weighted by Gasteiger charge is -2.36. The number of nitrogens with zero attached hydrogens (tertiary/aromatic N) is 1. The van der Waals surface area contributed by atoms with E-state index in [4.69, 9.17) is 12.2 Å². The smallest absolute Gasteiger partial charge is 0.260 e. The fraction of sp³-hybridized carbons (Fsp3) is 0.409. The van der Waals surface area contributed by atoms with Gasteiger partial charge in [-0.3, -0.25) is 10.1 Å². The lowest BCUT2D eigenvalue weighted by Crippen LogP contribution is -2.34. The van der Waals surface area contributed by atoms with Crippen molar-refractivity contribution in [3.8, 4) is 6.07 Å². The highest BCUT2D eigenvalue weighted by Crippen LogP contribution is 2.45. The Balaban J connectivity index is 1.75. The zero-order chi connectivity index (χ0) is 21.2. The number of benzene rings is 1. The van der Waals surface area contributed by atoms with Crippen molar-refractivity contribution in [2.45, 2.75) is 46.5 Å². The Morgan fingerprint density at radius 3 is 2.79 bits per heavy atom. The highest BCUT2D eigenvalue weighted by atomic mass is 32.1. The van der Waals surface area contributed by atoms with E-state index in [0.717, 1.165) is 31.2 Å². The maximum atomic E-state index is 13.8. The first-order valence-electron chi connectivity index (χ1n) is 9.68. The van der Waals surface area contributed by atoms with Gasteiger partial charge in [-0.1, -0.05) is 39.3 Å². The number of rotatable bonds is 4. The molecule has 2 N–H and O–H groups in total. The molecule has 1 heterocycles. The van der Waals surface area contributed by atoms with E-state index in [0.29, 0.717) is 16.5 Å². The molecule has 4 nitrogen and oxygen atoms in total. The SMILES string of the molecule is CCC(C)(C)[C@H]1CCc2c(sc(NC(=S)NC(=O)c3ccccc3F)c2C#N)C1. The molecular formula is C22H24FN3OS2. The minimum atomic E-state index is -0.620. The molecule has 0 saturated heterocycles. The van der Waals surface area contributed by atoms with Gasteiger partial charge in [0.1, 0.15) is 16.9 Å². The zero-order valence-corrected chi connectivity index (χ0v) is 18.4. The van der Waals surface area contributed by atoms with Gasteiger partial charge in [-0.15, -0.1) is 11.3 Å². The van der Waals surface area contributed by atoms with Gasteiger partial charge in [0, 0.05) is 4.88 Å². The molecule has 0 unspecified atom stereocenters. The van der Waals surface area contributed by atoms with Crippen molar-refractivity contribution in [3.05, 3.63) is 51.7 Å². The fourth-order valence-corrected chi connectivity index (χ4v) is 5.24. The summed E-state index contributed by atoms with van der Waals surface area (Å²) < 4.78 is 13.8. The third-order valence-electron chi connectivity index (χ3n) is 5.97. The van der Waals surface area contributed by atoms with Crippen LogP contribution in [0.15, 0.2) is 24.3 Å². The Morgan fingerprint density at radius 1 is 1.41 bits per heavy atom. The standard InChI is InChI=1S/C22H24FN3OS2/c1-4-22(2,3)13-9-10-14-16(12-24)20(29-18(14)11-13)26-21(28)25-19(27)15-7-5-6-8-17(15)23/h5-8,13H,4,9-11H2,1-3H3,(H2,25,26,27,28)/t13-/m0/s1. The molecule has 0 bridgehead atoms. The molecule has 1 aromatic carbocycles. The topological polar surface area (TPSA) is 64.9 Å². The summed E-state index contributed by atoms with van der Waals surface area (Å²) in [4.78, 5) is 13.5. The number of fused-ring (bicyclic) bond motifs is 1. The van der Waals surface area contributed by atoms with Gasteiger partial charge in [-0.2, -0.15) is 5.26 Å². The number of halogens is 1. The third kappa shape index (κ3) is 4.49. The second-order valence-electron chi connectivity index (χ2n) is 7.99. The molecule has 2 aromatic rings. The second kappa shape index (κ2) is 8.60. The van der Waals surface area contributed by atoms with Crippen LogP contribution in [-0.4, -0.2) is 11.0 Å². The Kier molecular flexibility index (Phi) is 6.35. The number of hydrogen-bond donors (Lipinski definition) is 2. The van der Waals surface area contributed by atoms with Gasteiger partial charge in [0.15, 0.2) is 5.11 Å². The molecule has 0 spiro atoms. The number of carbonyl (C=O) groups excluding carboxylic acids is 1. The maximum absolute atomic E-state index is 13.8. The first-order valence-corrected chi connectivity index (χ1v) is 10.9. The number of hydrogen-bond acceptors (Lipinski definition) is 4. The fourth-order valence-electron chi connectivity index (χ4n) is 3.70. The number of thiocarbonyl (C=S) groups is 1. The van der Waals surface area contributed by atoms with Gasteiger partial charge in [0.2, 0.25) is 0 Å². The van der Waals surface area contributed by atoms with Gasteiger partial charge < -0.3 is 5.32 Å². The largest absolute Gasteiger partial charge is 0.323 e. The number of nitrogens with one attached hydrogen (secondary N) is 2. The van der Waals surface area contributed by atoms with Gasteiger partial charge in [0.25, 0.3) is 5.91 Å². The van der Waals surface area contributed by atoms with Gasteiger partial charge in [-0.25, -0.2) is 4.39 Å². The second-order valence-corrected chi connectivity index (χ2v) is 9.50. The van der Waals surface area contributed by atoms with Crippen molar-refractivity contribution in [3.63, 3.8) is 0 Å². The van der Waals surface area contributed by atoms with E-state index in [1.807, 2.05) is 0 Å². The first kappa shape index (κ1) is 21.4. The highest BCUT2D eigenvalue weighted by molar-refractivity contribution is 7.80. The summed E-state index contributed by atoms with van der Waals surface area (Å²) in [5.74, 6) is -0.655. The molecule has 1 amide bonds. The maximum Gasteiger partial charge on any atom is 0.260 e. The van der Waals surface area contributed by atoms with Gasteiger partial charge >= 0.3 is 0 Å². The van der Waals surface area contributed by atoms with E-state index >= 15 is 0 Å². The van der Waals surface area contributed by atoms with E-state index in [-0.39, 0.29) is 16.1 Å². The molecule has 0 fully saturated rings. The Bertz CT molecular complexity index is 990. The lowest BCUT2D eigenvalue weighted by molar-refractivity contribution is 0.0974. The summed E-state index contributed by atoms with van der Waals surface area (Å²) in [6.07, 6.45) is 4.00. The number of anilines is 1. The Labute approximate surface area is 180 Å². The molecule has 1 atom stereocenters. The molecule has 0 saturated carbocycles. The summed E-state index contributed by atoms with van der Waals surface area (Å²) in [6, 6.07) is 8.01. The molecule has 1 aliphatic carbocycles. The van der Waals surface area contributed by atoms with Gasteiger partial charge in [-0.05, 0) is 60.5 Å². The van der Waals surface area contributed by atoms with Crippen molar-refractivity contribution in [1.29, 1.82) is 5.26 Å². The van der Waals surface area contributed by atoms with Crippen LogP contribution in [0.1, 0.15) is 60.0 Å². The molecule has 1 aromatic heterocycles. The minimum Gasteiger partial charge on any atom is -0.323 e. The van der Waals surface area contributed by atoms with Crippen LogP contribution in [0.4, 0.5) is 9.39 Å². The monoisotopic (exact) mass is 429 g/mol. The summed E-state index contributed by atoms with van der Waals surface area (Å²) >= 11 is 6.76. The van der Waals surface area contributed by atoms with Crippen molar-refractivity contribution in [2.24, 2.45) is 11.3 Å². The summed E-state index contributed by atoms with van der Waals surface area (Å²) in [7, 11) is 0. The van der Waals surface area contributed by atoms with E-state index in [1.54, 1.807) is 6.07 Å². The van der Waals surface area contributed by atoms with E-state index < -0.39 is 11.7 Å². The highest BCUT2D eigenvalue weighted by Gasteiger charge is 2.34. The van der Waals surface area contributed by atoms with Crippen LogP contribution in [-0.2, 0) is 12.8 Å². The third-order valence-corrected chi connectivity index (χ3v) is 7.34. The predicted molar refractivity (Wildman–Crippen MR) is 119 cm³/mol. The van der Waals surface area contributed by atoms with Crippen LogP contribution < -0.4 is 10.6 Å². The zero-order valence-electron chi connectivity index (χ0n) is 16.8. The molecule has 152 valence electrons. The number of carbonyl (C=O) groups is 1. The molecule has 7 heteroatoms. The summed E-state index contributed by atoms with van der Waals surface area (Å²) in [5.41, 5.74) is 1.87. The van der Waals surface area contributed by atoms with Crippen molar-refractivity contribution < 1.29 is 9.18 Å². The van der Waals surface area contributed by atoms with Crippen LogP contribution in [0.3, 0.4) is 0 Å². The normalized spacial score (nSPS) is 15.9. The minimum absolute atomic E-state index is 0.0544. The molecule has 0 aliphatic heterocycles. The quantitative estimate of drug-likeness (QED) is 0.637. The van der Waals surface area contributed by atoms with Crippen molar-refractivity contribution in [1.82, 2.24) is 5.32 Å². The number of amides is 1. The van der Waals surface area contributed by atoms with Crippen LogP contribution in [0.5, 0.6) is 0 Å². The molecule has 1 aliphatic rings. The molecule has 0 radical (unpaired) electrons.